The second kappa shape index (κ2) is 2.62. The average molecular weight is 126 g/mol. The lowest BCUT2D eigenvalue weighted by molar-refractivity contribution is 0.529. The summed E-state index contributed by atoms with van der Waals surface area (Å²) in [5.74, 6) is 0. The Kier molecular flexibility index (Phi) is 1.82. The molecule has 1 rings (SSSR count). The number of hydrogen-bond donors (Lipinski definition) is 0. The van der Waals surface area contributed by atoms with Gasteiger partial charge in [0.05, 0.1) is 11.4 Å². The summed E-state index contributed by atoms with van der Waals surface area (Å²) in [6.45, 7) is 1.39. The molecule has 0 aliphatic carbocycles. The van der Waals surface area contributed by atoms with Gasteiger partial charge >= 0.3 is 0 Å². The second-order valence-corrected chi connectivity index (χ2v) is 1.70. The fourth-order valence-electron chi connectivity index (χ4n) is 0.665. The Morgan fingerprint density at radius 1 is 1.56 bits per heavy atom. The topological polar surface area (TPSA) is 26.5 Å². The van der Waals surface area contributed by atoms with Gasteiger partial charge in [-0.15, -0.1) is 0 Å². The molecule has 0 bridgehead atoms. The summed E-state index contributed by atoms with van der Waals surface area (Å²) in [6.07, 6.45) is 3.09. The van der Waals surface area contributed by atoms with Crippen molar-refractivity contribution in [3.05, 3.63) is 11.4 Å². The van der Waals surface area contributed by atoms with E-state index in [1.165, 1.54) is 0 Å². The number of halogens is 1. The molecule has 0 unspecified atom stereocenters. The Balaban J connectivity index is 2.67. The summed E-state index contributed by atoms with van der Waals surface area (Å²) in [5, 5.41) is 3.59. The number of nitrogens with zero attached hydrogens (tertiary/aromatic N) is 2. The summed E-state index contributed by atoms with van der Waals surface area (Å²) in [6, 6.07) is 0. The van der Waals surface area contributed by atoms with E-state index in [2.05, 4.69) is 16.6 Å². The molecule has 48 valence electrons. The van der Waals surface area contributed by atoms with E-state index in [1.807, 2.05) is 6.92 Å². The molecule has 0 saturated heterocycles. The number of alkyl halides is 1. The van der Waals surface area contributed by atoms with Crippen LogP contribution in [0.2, 0.25) is 0 Å². The van der Waals surface area contributed by atoms with Gasteiger partial charge in [-0.1, -0.05) is 6.92 Å². The van der Waals surface area contributed by atoms with Crippen LogP contribution in [0.4, 0.5) is 4.39 Å². The van der Waals surface area contributed by atoms with Crippen molar-refractivity contribution in [1.29, 1.82) is 0 Å². The molecule has 3 heteroatoms. The summed E-state index contributed by atoms with van der Waals surface area (Å²) < 4.78 is 11.9. The van der Waals surface area contributed by atoms with Gasteiger partial charge in [0.15, 0.2) is 6.34 Å². The van der Waals surface area contributed by atoms with Crippen LogP contribution in [-0.4, -0.2) is 13.0 Å². The highest BCUT2D eigenvalue weighted by atomic mass is 19.1. The van der Waals surface area contributed by atoms with E-state index in [0.29, 0.717) is 5.70 Å². The van der Waals surface area contributed by atoms with Gasteiger partial charge in [0.25, 0.3) is 0 Å². The molecule has 0 aromatic carbocycles. The van der Waals surface area contributed by atoms with Crippen LogP contribution in [0.15, 0.2) is 16.4 Å². The lowest BCUT2D eigenvalue weighted by Crippen LogP contribution is -1.99. The van der Waals surface area contributed by atoms with Crippen molar-refractivity contribution in [3.63, 3.8) is 0 Å². The monoisotopic (exact) mass is 126 g/mol. The van der Waals surface area contributed by atoms with E-state index < -0.39 is 6.67 Å². The minimum Gasteiger partial charge on any atom is -0.244 e. The molecule has 2 radical (unpaired) electrons. The van der Waals surface area contributed by atoms with Gasteiger partial charge in [0, 0.05) is 0 Å². The fourth-order valence-corrected chi connectivity index (χ4v) is 0.665. The van der Waals surface area contributed by atoms with E-state index in [-0.39, 0.29) is 0 Å². The Morgan fingerprint density at radius 3 is 2.78 bits per heavy atom. The first-order valence-corrected chi connectivity index (χ1v) is 2.83. The van der Waals surface area contributed by atoms with Crippen molar-refractivity contribution in [1.82, 2.24) is 5.32 Å². The molecule has 1 aliphatic heterocycles. The van der Waals surface area contributed by atoms with Crippen LogP contribution < -0.4 is 5.32 Å². The van der Waals surface area contributed by atoms with Gasteiger partial charge in [-0.05, 0) is 6.42 Å². The average Bonchev–Trinajstić information content (AvgIpc) is 2.33. The maximum absolute atomic E-state index is 11.9. The lowest BCUT2D eigenvalue weighted by Gasteiger charge is -1.93. The van der Waals surface area contributed by atoms with E-state index in [1.54, 1.807) is 0 Å². The first-order valence-electron chi connectivity index (χ1n) is 2.83. The van der Waals surface area contributed by atoms with Crippen molar-refractivity contribution >= 4 is 6.34 Å². The third-order valence-electron chi connectivity index (χ3n) is 1.16. The molecule has 0 spiro atoms. The molecular formula is C6H7FN2. The number of hydrogen-bond acceptors (Lipinski definition) is 1. The predicted octanol–water partition coefficient (Wildman–Crippen LogP) is 1.10. The highest BCUT2D eigenvalue weighted by Crippen LogP contribution is 2.12. The molecule has 0 N–H and O–H groups in total. The third-order valence-corrected chi connectivity index (χ3v) is 1.16. The van der Waals surface area contributed by atoms with Gasteiger partial charge in [0.1, 0.15) is 6.67 Å². The maximum Gasteiger partial charge on any atom is 0.198 e. The largest absolute Gasteiger partial charge is 0.244 e. The van der Waals surface area contributed by atoms with Gasteiger partial charge in [-0.2, -0.15) is 0 Å². The van der Waals surface area contributed by atoms with Gasteiger partial charge < -0.3 is 0 Å². The van der Waals surface area contributed by atoms with Crippen LogP contribution in [0.5, 0.6) is 0 Å². The van der Waals surface area contributed by atoms with Crippen molar-refractivity contribution in [2.24, 2.45) is 4.99 Å². The number of aliphatic imine (C=N–C) groups is 1. The van der Waals surface area contributed by atoms with E-state index >= 15 is 0 Å². The van der Waals surface area contributed by atoms with Crippen LogP contribution in [0.3, 0.4) is 0 Å². The Bertz CT molecular complexity index is 160. The summed E-state index contributed by atoms with van der Waals surface area (Å²) >= 11 is 0. The molecule has 9 heavy (non-hydrogen) atoms. The molecule has 1 aliphatic rings. The summed E-state index contributed by atoms with van der Waals surface area (Å²) in [5.41, 5.74) is 1.15. The Morgan fingerprint density at radius 2 is 2.33 bits per heavy atom. The Labute approximate surface area is 53.5 Å². The smallest absolute Gasteiger partial charge is 0.198 e. The van der Waals surface area contributed by atoms with Crippen molar-refractivity contribution < 1.29 is 4.39 Å². The highest BCUT2D eigenvalue weighted by Gasteiger charge is 2.09. The van der Waals surface area contributed by atoms with Crippen LogP contribution >= 0.6 is 0 Å². The first-order chi connectivity index (χ1) is 4.38. The summed E-state index contributed by atoms with van der Waals surface area (Å²) in [4.78, 5) is 3.73. The molecule has 0 aromatic rings. The van der Waals surface area contributed by atoms with Crippen LogP contribution in [0.25, 0.3) is 0 Å². The van der Waals surface area contributed by atoms with E-state index in [4.69, 9.17) is 0 Å². The van der Waals surface area contributed by atoms with Crippen molar-refractivity contribution in [2.45, 2.75) is 13.3 Å². The molecule has 0 fully saturated rings. The minimum atomic E-state index is -0.528. The molecule has 0 amide bonds. The van der Waals surface area contributed by atoms with Crippen molar-refractivity contribution in [2.75, 3.05) is 6.67 Å². The highest BCUT2D eigenvalue weighted by molar-refractivity contribution is 5.63. The molecule has 0 atom stereocenters. The molecule has 1 heterocycles. The van der Waals surface area contributed by atoms with E-state index in [9.17, 15) is 4.39 Å². The zero-order valence-electron chi connectivity index (χ0n) is 5.19. The molecule has 2 nitrogen and oxygen atoms in total. The Hall–Kier alpha value is -0.860. The zero-order valence-corrected chi connectivity index (χ0v) is 5.19. The number of rotatable bonds is 2. The van der Waals surface area contributed by atoms with Gasteiger partial charge in [0.2, 0.25) is 0 Å². The first kappa shape index (κ1) is 6.26. The standard InChI is InChI=1S/C6H7FN2/c1-2-5-6(3-7)9-4-8-5/h2-3H2,1H3. The zero-order chi connectivity index (χ0) is 6.69. The summed E-state index contributed by atoms with van der Waals surface area (Å²) in [7, 11) is 0. The van der Waals surface area contributed by atoms with Crippen molar-refractivity contribution in [3.8, 4) is 0 Å². The van der Waals surface area contributed by atoms with Crippen LogP contribution in [0, 0.1) is 0 Å². The second-order valence-electron chi connectivity index (χ2n) is 1.70. The minimum absolute atomic E-state index is 0.428. The van der Waals surface area contributed by atoms with Crippen LogP contribution in [0.1, 0.15) is 13.3 Å². The molecular weight excluding hydrogens is 119 g/mol. The molecule has 0 saturated carbocycles. The predicted molar refractivity (Wildman–Crippen MR) is 32.9 cm³/mol. The van der Waals surface area contributed by atoms with E-state index in [0.717, 1.165) is 12.1 Å². The van der Waals surface area contributed by atoms with Gasteiger partial charge in [-0.3, -0.25) is 0 Å². The normalized spacial score (nSPS) is 16.7. The third kappa shape index (κ3) is 1.09. The van der Waals surface area contributed by atoms with Gasteiger partial charge in [-0.25, -0.2) is 14.7 Å². The fraction of sp³-hybridized carbons (Fsp3) is 0.500. The van der Waals surface area contributed by atoms with Crippen LogP contribution in [-0.2, 0) is 0 Å². The lowest BCUT2D eigenvalue weighted by atomic mass is 10.3. The molecule has 0 aromatic heterocycles. The quantitative estimate of drug-likeness (QED) is 0.529. The SMILES string of the molecule is CCC1=C(CF)[N][C]=N1. The number of allylic oxidation sites excluding steroid dienone is 2. The maximum atomic E-state index is 11.9.